The van der Waals surface area contributed by atoms with E-state index in [2.05, 4.69) is 26.2 Å². The first-order chi connectivity index (χ1) is 8.97. The smallest absolute Gasteiger partial charge is 0.252 e. The maximum Gasteiger partial charge on any atom is 0.252 e. The van der Waals surface area contributed by atoms with Gasteiger partial charge in [-0.2, -0.15) is 0 Å². The molecule has 19 heavy (non-hydrogen) atoms. The van der Waals surface area contributed by atoms with Crippen LogP contribution in [-0.2, 0) is 6.54 Å². The molecule has 5 nitrogen and oxygen atoms in total. The van der Waals surface area contributed by atoms with Gasteiger partial charge in [0.1, 0.15) is 5.76 Å². The lowest BCUT2D eigenvalue weighted by atomic mass is 10.2. The van der Waals surface area contributed by atoms with E-state index in [1.165, 1.54) is 0 Å². The number of benzene rings is 1. The minimum absolute atomic E-state index is 0.229. The molecule has 0 fully saturated rings. The van der Waals surface area contributed by atoms with Crippen molar-refractivity contribution in [3.05, 3.63) is 45.6 Å². The van der Waals surface area contributed by atoms with E-state index in [1.807, 2.05) is 13.8 Å². The van der Waals surface area contributed by atoms with Crippen molar-refractivity contribution >= 4 is 27.5 Å². The number of anilines is 1. The average Bonchev–Trinajstić information content (AvgIpc) is 2.69. The van der Waals surface area contributed by atoms with Crippen LogP contribution in [0.3, 0.4) is 0 Å². The Morgan fingerprint density at radius 2 is 2.21 bits per heavy atom. The van der Waals surface area contributed by atoms with E-state index in [4.69, 9.17) is 10.2 Å². The number of nitrogens with one attached hydrogen (secondary N) is 1. The van der Waals surface area contributed by atoms with Crippen LogP contribution in [0.1, 0.15) is 27.7 Å². The molecule has 1 heterocycles. The Hall–Kier alpha value is -1.82. The lowest BCUT2D eigenvalue weighted by Gasteiger charge is -2.06. The molecule has 6 heteroatoms. The number of carbonyl (C=O) groups excluding carboxylic acids is 1. The lowest BCUT2D eigenvalue weighted by molar-refractivity contribution is 0.0946. The quantitative estimate of drug-likeness (QED) is 0.850. The summed E-state index contributed by atoms with van der Waals surface area (Å²) in [5, 5.41) is 2.74. The Morgan fingerprint density at radius 3 is 2.84 bits per heavy atom. The predicted octanol–water partition coefficient (Wildman–Crippen LogP) is 2.57. The largest absolute Gasteiger partial charge is 0.444 e. The molecule has 100 valence electrons. The Morgan fingerprint density at radius 1 is 1.47 bits per heavy atom. The molecule has 0 unspecified atom stereocenters. The van der Waals surface area contributed by atoms with Crippen LogP contribution in [0.25, 0.3) is 0 Å². The van der Waals surface area contributed by atoms with Gasteiger partial charge >= 0.3 is 0 Å². The Bertz CT molecular complexity index is 603. The molecule has 2 aromatic rings. The van der Waals surface area contributed by atoms with Crippen molar-refractivity contribution in [2.45, 2.75) is 20.4 Å². The second-order valence-electron chi connectivity index (χ2n) is 4.17. The van der Waals surface area contributed by atoms with Gasteiger partial charge in [-0.15, -0.1) is 0 Å². The summed E-state index contributed by atoms with van der Waals surface area (Å²) in [6.45, 7) is 3.94. The van der Waals surface area contributed by atoms with E-state index in [9.17, 15) is 4.79 Å². The van der Waals surface area contributed by atoms with Crippen molar-refractivity contribution in [2.75, 3.05) is 5.73 Å². The number of hydrogen-bond donors (Lipinski definition) is 2. The number of aryl methyl sites for hydroxylation is 2. The summed E-state index contributed by atoms with van der Waals surface area (Å²) in [4.78, 5) is 16.2. The fourth-order valence-electron chi connectivity index (χ4n) is 1.58. The van der Waals surface area contributed by atoms with Crippen LogP contribution in [-0.4, -0.2) is 10.9 Å². The highest BCUT2D eigenvalue weighted by atomic mass is 79.9. The van der Waals surface area contributed by atoms with E-state index in [1.54, 1.807) is 18.2 Å². The number of hydrogen-bond acceptors (Lipinski definition) is 4. The van der Waals surface area contributed by atoms with Crippen molar-refractivity contribution in [1.82, 2.24) is 10.3 Å². The second kappa shape index (κ2) is 5.44. The zero-order valence-electron chi connectivity index (χ0n) is 10.7. The topological polar surface area (TPSA) is 81.2 Å². The van der Waals surface area contributed by atoms with Gasteiger partial charge in [0.15, 0.2) is 0 Å². The fraction of sp³-hybridized carbons (Fsp3) is 0.231. The molecule has 0 aliphatic carbocycles. The summed E-state index contributed by atoms with van der Waals surface area (Å²) >= 11 is 3.32. The van der Waals surface area contributed by atoms with Crippen molar-refractivity contribution in [3.63, 3.8) is 0 Å². The van der Waals surface area contributed by atoms with E-state index in [0.29, 0.717) is 21.6 Å². The number of nitrogens with zero attached hydrogens (tertiary/aromatic N) is 1. The summed E-state index contributed by atoms with van der Waals surface area (Å²) in [7, 11) is 0. The third-order valence-electron chi connectivity index (χ3n) is 2.71. The van der Waals surface area contributed by atoms with Gasteiger partial charge < -0.3 is 15.5 Å². The number of amides is 1. The average molecular weight is 324 g/mol. The number of halogens is 1. The number of carbonyl (C=O) groups is 1. The van der Waals surface area contributed by atoms with Crippen LogP contribution in [0.15, 0.2) is 27.1 Å². The van der Waals surface area contributed by atoms with Gasteiger partial charge in [0.25, 0.3) is 5.91 Å². The molecule has 2 rings (SSSR count). The lowest BCUT2D eigenvalue weighted by Crippen LogP contribution is -2.23. The van der Waals surface area contributed by atoms with Crippen molar-refractivity contribution in [3.8, 4) is 0 Å². The van der Waals surface area contributed by atoms with Gasteiger partial charge in [-0.05, 0) is 48.0 Å². The first-order valence-electron chi connectivity index (χ1n) is 5.73. The highest BCUT2D eigenvalue weighted by molar-refractivity contribution is 9.10. The molecule has 0 spiro atoms. The zero-order chi connectivity index (χ0) is 14.0. The van der Waals surface area contributed by atoms with Crippen LogP contribution in [0.2, 0.25) is 0 Å². The molecule has 0 saturated heterocycles. The molecule has 1 aromatic heterocycles. The first-order valence-corrected chi connectivity index (χ1v) is 6.53. The van der Waals surface area contributed by atoms with Gasteiger partial charge in [-0.25, -0.2) is 4.98 Å². The van der Waals surface area contributed by atoms with E-state index in [0.717, 1.165) is 11.5 Å². The van der Waals surface area contributed by atoms with Crippen LogP contribution in [0.5, 0.6) is 0 Å². The van der Waals surface area contributed by atoms with E-state index in [-0.39, 0.29) is 12.5 Å². The van der Waals surface area contributed by atoms with Crippen LogP contribution < -0.4 is 11.1 Å². The summed E-state index contributed by atoms with van der Waals surface area (Å²) in [6, 6.07) is 5.08. The molecule has 3 N–H and O–H groups in total. The summed E-state index contributed by atoms with van der Waals surface area (Å²) in [5.41, 5.74) is 7.52. The number of aromatic nitrogens is 1. The second-order valence-corrected chi connectivity index (χ2v) is 5.03. The Labute approximate surface area is 119 Å². The van der Waals surface area contributed by atoms with Crippen molar-refractivity contribution in [2.24, 2.45) is 0 Å². The van der Waals surface area contributed by atoms with Gasteiger partial charge in [-0.3, -0.25) is 4.79 Å². The molecule has 1 amide bonds. The maximum absolute atomic E-state index is 12.0. The molecule has 0 atom stereocenters. The first kappa shape index (κ1) is 13.6. The molecule has 0 saturated carbocycles. The molecule has 0 aliphatic rings. The minimum Gasteiger partial charge on any atom is -0.444 e. The van der Waals surface area contributed by atoms with Gasteiger partial charge in [0.05, 0.1) is 17.8 Å². The molecular formula is C13H14BrN3O2. The number of nitrogen functional groups attached to an aromatic ring is 1. The number of oxazole rings is 1. The highest BCUT2D eigenvalue weighted by Gasteiger charge is 2.12. The number of nitrogens with two attached hydrogens (primary N) is 1. The Balaban J connectivity index is 2.07. The SMILES string of the molecule is Cc1nc(CNC(=O)c2cc(N)ccc2Br)oc1C. The highest BCUT2D eigenvalue weighted by Crippen LogP contribution is 2.19. The molecule has 0 radical (unpaired) electrons. The van der Waals surface area contributed by atoms with Crippen LogP contribution in [0.4, 0.5) is 5.69 Å². The summed E-state index contributed by atoms with van der Waals surface area (Å²) < 4.78 is 6.09. The fourth-order valence-corrected chi connectivity index (χ4v) is 2.01. The van der Waals surface area contributed by atoms with E-state index >= 15 is 0 Å². The van der Waals surface area contributed by atoms with Crippen LogP contribution >= 0.6 is 15.9 Å². The third kappa shape index (κ3) is 3.14. The molecule has 0 aliphatic heterocycles. The van der Waals surface area contributed by atoms with Gasteiger partial charge in [0, 0.05) is 10.2 Å². The van der Waals surface area contributed by atoms with Gasteiger partial charge in [0.2, 0.25) is 5.89 Å². The standard InChI is InChI=1S/C13H14BrN3O2/c1-7-8(2)19-12(17-7)6-16-13(18)10-5-9(15)3-4-11(10)14/h3-5H,6,15H2,1-2H3,(H,16,18). The molecule has 0 bridgehead atoms. The van der Waals surface area contributed by atoms with Gasteiger partial charge in [-0.1, -0.05) is 0 Å². The molecule has 1 aromatic carbocycles. The molecular weight excluding hydrogens is 310 g/mol. The van der Waals surface area contributed by atoms with Crippen molar-refractivity contribution in [1.29, 1.82) is 0 Å². The van der Waals surface area contributed by atoms with E-state index < -0.39 is 0 Å². The maximum atomic E-state index is 12.0. The zero-order valence-corrected chi connectivity index (χ0v) is 12.2. The normalized spacial score (nSPS) is 10.5. The monoisotopic (exact) mass is 323 g/mol. The summed E-state index contributed by atoms with van der Waals surface area (Å²) in [6.07, 6.45) is 0. The summed E-state index contributed by atoms with van der Waals surface area (Å²) in [5.74, 6) is 1.02. The third-order valence-corrected chi connectivity index (χ3v) is 3.40. The predicted molar refractivity (Wildman–Crippen MR) is 75.7 cm³/mol. The Kier molecular flexibility index (Phi) is 3.90. The minimum atomic E-state index is -0.229. The van der Waals surface area contributed by atoms with Crippen LogP contribution in [0, 0.1) is 13.8 Å². The number of rotatable bonds is 3. The van der Waals surface area contributed by atoms with Crippen molar-refractivity contribution < 1.29 is 9.21 Å².